The molecule has 0 aliphatic rings. The molecule has 0 radical (unpaired) electrons. The van der Waals surface area contributed by atoms with Gasteiger partial charge in [-0.05, 0) is 104 Å². The van der Waals surface area contributed by atoms with Gasteiger partial charge in [-0.15, -0.1) is 0 Å². The van der Waals surface area contributed by atoms with Crippen LogP contribution in [0.2, 0.25) is 0 Å². The molecular formula is C32H22N2. The third-order valence-electron chi connectivity index (χ3n) is 6.27. The summed E-state index contributed by atoms with van der Waals surface area (Å²) in [5.74, 6) is 0. The predicted molar refractivity (Wildman–Crippen MR) is 141 cm³/mol. The van der Waals surface area contributed by atoms with Crippen molar-refractivity contribution in [1.29, 1.82) is 0 Å². The largest absolute Gasteiger partial charge is 0.265 e. The fourth-order valence-electron chi connectivity index (χ4n) is 4.60. The van der Waals surface area contributed by atoms with Gasteiger partial charge in [-0.25, -0.2) is 0 Å². The molecule has 0 amide bonds. The molecule has 2 aromatic heterocycles. The van der Waals surface area contributed by atoms with Crippen LogP contribution in [0.4, 0.5) is 0 Å². The second-order valence-electron chi connectivity index (χ2n) is 8.35. The van der Waals surface area contributed by atoms with Gasteiger partial charge >= 0.3 is 0 Å². The maximum Gasteiger partial charge on any atom is 0.0273 e. The third kappa shape index (κ3) is 3.76. The van der Waals surface area contributed by atoms with Gasteiger partial charge in [-0.3, -0.25) is 9.97 Å². The molecule has 6 rings (SSSR count). The van der Waals surface area contributed by atoms with E-state index in [2.05, 4.69) is 119 Å². The fourth-order valence-corrected chi connectivity index (χ4v) is 4.60. The van der Waals surface area contributed by atoms with Gasteiger partial charge in [0.05, 0.1) is 0 Å². The number of pyridine rings is 2. The lowest BCUT2D eigenvalue weighted by molar-refractivity contribution is 1.33. The lowest BCUT2D eigenvalue weighted by Crippen LogP contribution is -1.91. The van der Waals surface area contributed by atoms with Crippen molar-refractivity contribution in [2.75, 3.05) is 0 Å². The van der Waals surface area contributed by atoms with Gasteiger partial charge in [0.1, 0.15) is 0 Å². The summed E-state index contributed by atoms with van der Waals surface area (Å²) in [5, 5.41) is 2.47. The third-order valence-corrected chi connectivity index (χ3v) is 6.27. The normalized spacial score (nSPS) is 10.9. The van der Waals surface area contributed by atoms with Crippen LogP contribution in [-0.4, -0.2) is 9.97 Å². The molecule has 0 saturated carbocycles. The van der Waals surface area contributed by atoms with Crippen LogP contribution in [0.1, 0.15) is 0 Å². The molecule has 0 fully saturated rings. The monoisotopic (exact) mass is 434 g/mol. The van der Waals surface area contributed by atoms with Gasteiger partial charge in [0.15, 0.2) is 0 Å². The number of aromatic nitrogens is 2. The Bertz CT molecular complexity index is 1440. The maximum absolute atomic E-state index is 4.22. The lowest BCUT2D eigenvalue weighted by atomic mass is 9.87. The molecule has 2 heterocycles. The van der Waals surface area contributed by atoms with Crippen LogP contribution < -0.4 is 0 Å². The summed E-state index contributed by atoms with van der Waals surface area (Å²) in [5.41, 5.74) is 9.53. The summed E-state index contributed by atoms with van der Waals surface area (Å²) in [6, 6.07) is 38.8. The highest BCUT2D eigenvalue weighted by atomic mass is 14.6. The van der Waals surface area contributed by atoms with Crippen LogP contribution in [0.25, 0.3) is 55.3 Å². The van der Waals surface area contributed by atoms with Crippen molar-refractivity contribution in [2.45, 2.75) is 0 Å². The fraction of sp³-hybridized carbons (Fsp3) is 0. The van der Waals surface area contributed by atoms with Crippen LogP contribution in [0.15, 0.2) is 134 Å². The summed E-state index contributed by atoms with van der Waals surface area (Å²) in [4.78, 5) is 8.44. The molecule has 160 valence electrons. The van der Waals surface area contributed by atoms with Gasteiger partial charge in [0.25, 0.3) is 0 Å². The smallest absolute Gasteiger partial charge is 0.0273 e. The Morgan fingerprint density at radius 1 is 0.324 bits per heavy atom. The van der Waals surface area contributed by atoms with Crippen molar-refractivity contribution in [1.82, 2.24) is 9.97 Å². The zero-order chi connectivity index (χ0) is 22.7. The first-order valence-electron chi connectivity index (χ1n) is 11.4. The molecule has 0 aliphatic heterocycles. The summed E-state index contributed by atoms with van der Waals surface area (Å²) in [7, 11) is 0. The van der Waals surface area contributed by atoms with Crippen LogP contribution in [0.3, 0.4) is 0 Å². The van der Waals surface area contributed by atoms with E-state index in [9.17, 15) is 0 Å². The second kappa shape index (κ2) is 8.76. The molecular weight excluding hydrogens is 412 g/mol. The maximum atomic E-state index is 4.22. The number of hydrogen-bond acceptors (Lipinski definition) is 2. The van der Waals surface area contributed by atoms with E-state index < -0.39 is 0 Å². The predicted octanol–water partition coefficient (Wildman–Crippen LogP) is 8.30. The second-order valence-corrected chi connectivity index (χ2v) is 8.35. The summed E-state index contributed by atoms with van der Waals surface area (Å²) >= 11 is 0. The quantitative estimate of drug-likeness (QED) is 0.279. The van der Waals surface area contributed by atoms with E-state index in [4.69, 9.17) is 0 Å². The van der Waals surface area contributed by atoms with Gasteiger partial charge in [0.2, 0.25) is 0 Å². The van der Waals surface area contributed by atoms with Crippen molar-refractivity contribution in [3.8, 4) is 44.5 Å². The SMILES string of the molecule is c1ccc(-c2cc(-c3ccncc3)cc3c(-c4ccccc4)cc(-c4ccncc4)cc23)cc1. The van der Waals surface area contributed by atoms with E-state index in [0.717, 1.165) is 11.1 Å². The average Bonchev–Trinajstić information content (AvgIpc) is 2.94. The number of fused-ring (bicyclic) bond motifs is 1. The Balaban J connectivity index is 1.73. The summed E-state index contributed by atoms with van der Waals surface area (Å²) in [6.45, 7) is 0. The molecule has 0 atom stereocenters. The van der Waals surface area contributed by atoms with E-state index in [1.807, 2.05) is 24.8 Å². The number of hydrogen-bond donors (Lipinski definition) is 0. The Hall–Kier alpha value is -4.56. The number of nitrogens with zero attached hydrogens (tertiary/aromatic N) is 2. The van der Waals surface area contributed by atoms with Crippen LogP contribution >= 0.6 is 0 Å². The van der Waals surface area contributed by atoms with Crippen molar-refractivity contribution >= 4 is 10.8 Å². The molecule has 0 N–H and O–H groups in total. The van der Waals surface area contributed by atoms with Crippen LogP contribution in [-0.2, 0) is 0 Å². The molecule has 2 heteroatoms. The number of benzene rings is 4. The number of rotatable bonds is 4. The molecule has 4 aromatic carbocycles. The molecule has 0 spiro atoms. The van der Waals surface area contributed by atoms with Gasteiger partial charge in [-0.1, -0.05) is 60.7 Å². The van der Waals surface area contributed by atoms with E-state index >= 15 is 0 Å². The first kappa shape index (κ1) is 20.1. The van der Waals surface area contributed by atoms with Crippen molar-refractivity contribution in [3.63, 3.8) is 0 Å². The first-order chi connectivity index (χ1) is 16.9. The molecule has 34 heavy (non-hydrogen) atoms. The minimum Gasteiger partial charge on any atom is -0.265 e. The Morgan fingerprint density at radius 2 is 0.706 bits per heavy atom. The summed E-state index contributed by atoms with van der Waals surface area (Å²) in [6.07, 6.45) is 7.41. The van der Waals surface area contributed by atoms with E-state index in [1.54, 1.807) is 0 Å². The lowest BCUT2D eigenvalue weighted by Gasteiger charge is -2.17. The Morgan fingerprint density at radius 3 is 1.09 bits per heavy atom. The minimum atomic E-state index is 1.16. The van der Waals surface area contributed by atoms with E-state index in [0.29, 0.717) is 0 Å². The van der Waals surface area contributed by atoms with E-state index in [-0.39, 0.29) is 0 Å². The minimum absolute atomic E-state index is 1.16. The molecule has 0 bridgehead atoms. The average molecular weight is 435 g/mol. The molecule has 2 nitrogen and oxygen atoms in total. The van der Waals surface area contributed by atoms with Crippen molar-refractivity contribution in [2.24, 2.45) is 0 Å². The molecule has 6 aromatic rings. The zero-order valence-electron chi connectivity index (χ0n) is 18.6. The van der Waals surface area contributed by atoms with Gasteiger partial charge in [0, 0.05) is 24.8 Å². The molecule has 0 unspecified atom stereocenters. The Kier molecular flexibility index (Phi) is 5.17. The van der Waals surface area contributed by atoms with E-state index in [1.165, 1.54) is 44.2 Å². The molecule has 0 aliphatic carbocycles. The van der Waals surface area contributed by atoms with Crippen LogP contribution in [0, 0.1) is 0 Å². The van der Waals surface area contributed by atoms with Crippen molar-refractivity contribution < 1.29 is 0 Å². The summed E-state index contributed by atoms with van der Waals surface area (Å²) < 4.78 is 0. The highest BCUT2D eigenvalue weighted by molar-refractivity contribution is 6.09. The standard InChI is InChI=1S/C32H22N2/c1-3-7-25(8-4-1)29-19-27(23-11-15-33-16-12-23)22-32-30(26-9-5-2-6-10-26)20-28(21-31(29)32)24-13-17-34-18-14-24/h1-22H. The highest BCUT2D eigenvalue weighted by Gasteiger charge is 2.14. The zero-order valence-corrected chi connectivity index (χ0v) is 18.6. The Labute approximate surface area is 199 Å². The highest BCUT2D eigenvalue weighted by Crippen LogP contribution is 2.41. The molecule has 0 saturated heterocycles. The van der Waals surface area contributed by atoms with Gasteiger partial charge < -0.3 is 0 Å². The first-order valence-corrected chi connectivity index (χ1v) is 11.4. The van der Waals surface area contributed by atoms with Gasteiger partial charge in [-0.2, -0.15) is 0 Å². The van der Waals surface area contributed by atoms with Crippen molar-refractivity contribution in [3.05, 3.63) is 134 Å². The van der Waals surface area contributed by atoms with Crippen LogP contribution in [0.5, 0.6) is 0 Å². The topological polar surface area (TPSA) is 25.8 Å².